The molecule has 0 heterocycles. The summed E-state index contributed by atoms with van der Waals surface area (Å²) in [6, 6.07) is 6.08. The summed E-state index contributed by atoms with van der Waals surface area (Å²) in [5, 5.41) is 2.74. The third-order valence-corrected chi connectivity index (χ3v) is 2.67. The van der Waals surface area contributed by atoms with Gasteiger partial charge in [-0.05, 0) is 31.9 Å². The van der Waals surface area contributed by atoms with Crippen LogP contribution in [0.25, 0.3) is 0 Å². The van der Waals surface area contributed by atoms with E-state index in [9.17, 15) is 9.18 Å². The number of carbonyl (C=O) groups excluding carboxylic acids is 1. The van der Waals surface area contributed by atoms with E-state index in [0.29, 0.717) is 19.4 Å². The second-order valence-electron chi connectivity index (χ2n) is 4.50. The van der Waals surface area contributed by atoms with Crippen molar-refractivity contribution in [2.45, 2.75) is 38.8 Å². The number of amides is 1. The van der Waals surface area contributed by atoms with Crippen LogP contribution in [0.15, 0.2) is 24.3 Å². The molecule has 0 bridgehead atoms. The Morgan fingerprint density at radius 1 is 1.47 bits per heavy atom. The highest BCUT2D eigenvalue weighted by Crippen LogP contribution is 2.18. The Morgan fingerprint density at radius 3 is 2.74 bits per heavy atom. The molecule has 0 fully saturated rings. The normalized spacial score (nSPS) is 13.7. The lowest BCUT2D eigenvalue weighted by Gasteiger charge is -2.18. The first kappa shape index (κ1) is 15.4. The van der Waals surface area contributed by atoms with Crippen LogP contribution < -0.4 is 15.8 Å². The van der Waals surface area contributed by atoms with E-state index in [4.69, 9.17) is 10.5 Å². The standard InChI is InChI=1S/C14H21FN2O2/c1-3-12(14(18)17-9-8-10(2)16)19-13-7-5-4-6-11(13)15/h4-7,10,12H,3,8-9,16H2,1-2H3,(H,17,18). The molecule has 1 amide bonds. The van der Waals surface area contributed by atoms with Crippen molar-refractivity contribution in [2.75, 3.05) is 6.54 Å². The van der Waals surface area contributed by atoms with E-state index in [1.807, 2.05) is 13.8 Å². The molecule has 2 atom stereocenters. The van der Waals surface area contributed by atoms with Crippen LogP contribution in [0.3, 0.4) is 0 Å². The molecule has 1 aromatic rings. The minimum Gasteiger partial charge on any atom is -0.478 e. The SMILES string of the molecule is CCC(Oc1ccccc1F)C(=O)NCCC(C)N. The number of rotatable bonds is 7. The van der Waals surface area contributed by atoms with Gasteiger partial charge in [0.25, 0.3) is 5.91 Å². The van der Waals surface area contributed by atoms with Crippen molar-refractivity contribution in [3.63, 3.8) is 0 Å². The zero-order valence-corrected chi connectivity index (χ0v) is 11.4. The number of hydrogen-bond donors (Lipinski definition) is 2. The Kier molecular flexibility index (Phi) is 6.29. The maximum Gasteiger partial charge on any atom is 0.261 e. The number of carbonyl (C=O) groups is 1. The summed E-state index contributed by atoms with van der Waals surface area (Å²) in [5.74, 6) is -0.618. The number of hydrogen-bond acceptors (Lipinski definition) is 3. The second-order valence-corrected chi connectivity index (χ2v) is 4.50. The second kappa shape index (κ2) is 7.74. The minimum absolute atomic E-state index is 0.0351. The van der Waals surface area contributed by atoms with E-state index in [-0.39, 0.29) is 17.7 Å². The molecule has 2 unspecified atom stereocenters. The Bertz CT molecular complexity index is 410. The van der Waals surface area contributed by atoms with Crippen LogP contribution in [0.4, 0.5) is 4.39 Å². The molecule has 0 aromatic heterocycles. The highest BCUT2D eigenvalue weighted by Gasteiger charge is 2.19. The molecule has 0 aliphatic heterocycles. The van der Waals surface area contributed by atoms with Crippen LogP contribution in [0.5, 0.6) is 5.75 Å². The van der Waals surface area contributed by atoms with Crippen LogP contribution >= 0.6 is 0 Å². The number of nitrogens with one attached hydrogen (secondary N) is 1. The Hall–Kier alpha value is -1.62. The molecule has 0 radical (unpaired) electrons. The van der Waals surface area contributed by atoms with Crippen molar-refractivity contribution in [2.24, 2.45) is 5.73 Å². The van der Waals surface area contributed by atoms with Crippen LogP contribution in [0.2, 0.25) is 0 Å². The van der Waals surface area contributed by atoms with Gasteiger partial charge in [0.2, 0.25) is 0 Å². The summed E-state index contributed by atoms with van der Waals surface area (Å²) < 4.78 is 18.8. The Morgan fingerprint density at radius 2 is 2.16 bits per heavy atom. The molecule has 0 spiro atoms. The monoisotopic (exact) mass is 268 g/mol. The molecule has 0 aliphatic carbocycles. The lowest BCUT2D eigenvalue weighted by Crippen LogP contribution is -2.39. The van der Waals surface area contributed by atoms with Gasteiger partial charge in [-0.2, -0.15) is 0 Å². The average Bonchev–Trinajstić information content (AvgIpc) is 2.37. The molecule has 1 rings (SSSR count). The van der Waals surface area contributed by atoms with Crippen LogP contribution in [-0.2, 0) is 4.79 Å². The van der Waals surface area contributed by atoms with Gasteiger partial charge in [0.1, 0.15) is 0 Å². The van der Waals surface area contributed by atoms with Crippen molar-refractivity contribution in [1.29, 1.82) is 0 Å². The van der Waals surface area contributed by atoms with Gasteiger partial charge in [-0.15, -0.1) is 0 Å². The molecule has 5 heteroatoms. The summed E-state index contributed by atoms with van der Waals surface area (Å²) in [6.07, 6.45) is 0.477. The van der Waals surface area contributed by atoms with E-state index < -0.39 is 11.9 Å². The molecule has 0 aliphatic rings. The predicted octanol–water partition coefficient (Wildman–Crippen LogP) is 1.84. The highest BCUT2D eigenvalue weighted by molar-refractivity contribution is 5.81. The van der Waals surface area contributed by atoms with Gasteiger partial charge >= 0.3 is 0 Å². The summed E-state index contributed by atoms with van der Waals surface area (Å²) >= 11 is 0. The average molecular weight is 268 g/mol. The van der Waals surface area contributed by atoms with Gasteiger partial charge in [0.05, 0.1) is 0 Å². The largest absolute Gasteiger partial charge is 0.478 e. The van der Waals surface area contributed by atoms with Gasteiger partial charge in [-0.1, -0.05) is 19.1 Å². The van der Waals surface area contributed by atoms with E-state index in [0.717, 1.165) is 0 Å². The van der Waals surface area contributed by atoms with Crippen LogP contribution in [0.1, 0.15) is 26.7 Å². The van der Waals surface area contributed by atoms with E-state index in [1.54, 1.807) is 12.1 Å². The first-order valence-electron chi connectivity index (χ1n) is 6.49. The maximum atomic E-state index is 13.4. The van der Waals surface area contributed by atoms with Gasteiger partial charge in [-0.25, -0.2) is 4.39 Å². The molecule has 1 aromatic carbocycles. The summed E-state index contributed by atoms with van der Waals surface area (Å²) in [7, 11) is 0. The number of ether oxygens (including phenoxy) is 1. The fourth-order valence-corrected chi connectivity index (χ4v) is 1.55. The van der Waals surface area contributed by atoms with E-state index >= 15 is 0 Å². The van der Waals surface area contributed by atoms with Gasteiger partial charge in [-0.3, -0.25) is 4.79 Å². The van der Waals surface area contributed by atoms with Crippen molar-refractivity contribution < 1.29 is 13.9 Å². The maximum absolute atomic E-state index is 13.4. The first-order valence-corrected chi connectivity index (χ1v) is 6.49. The molecule has 19 heavy (non-hydrogen) atoms. The number of para-hydroxylation sites is 1. The van der Waals surface area contributed by atoms with Crippen LogP contribution in [0, 0.1) is 5.82 Å². The number of benzene rings is 1. The topological polar surface area (TPSA) is 64.3 Å². The molecule has 3 N–H and O–H groups in total. The zero-order chi connectivity index (χ0) is 14.3. The molecular weight excluding hydrogens is 247 g/mol. The molecule has 106 valence electrons. The quantitative estimate of drug-likeness (QED) is 0.793. The zero-order valence-electron chi connectivity index (χ0n) is 11.4. The summed E-state index contributed by atoms with van der Waals surface area (Å²) in [6.45, 7) is 4.18. The van der Waals surface area contributed by atoms with Gasteiger partial charge < -0.3 is 15.8 Å². The fourth-order valence-electron chi connectivity index (χ4n) is 1.55. The fraction of sp³-hybridized carbons (Fsp3) is 0.500. The molecule has 0 saturated heterocycles. The van der Waals surface area contributed by atoms with Gasteiger partial charge in [0, 0.05) is 12.6 Å². The number of halogens is 1. The predicted molar refractivity (Wildman–Crippen MR) is 72.4 cm³/mol. The van der Waals surface area contributed by atoms with Gasteiger partial charge in [0.15, 0.2) is 17.7 Å². The molecular formula is C14H21FN2O2. The Balaban J connectivity index is 2.53. The lowest BCUT2D eigenvalue weighted by atomic mass is 10.2. The Labute approximate surface area is 113 Å². The van der Waals surface area contributed by atoms with Crippen molar-refractivity contribution >= 4 is 5.91 Å². The lowest BCUT2D eigenvalue weighted by molar-refractivity contribution is -0.128. The van der Waals surface area contributed by atoms with Crippen molar-refractivity contribution in [3.05, 3.63) is 30.1 Å². The van der Waals surface area contributed by atoms with Crippen molar-refractivity contribution in [1.82, 2.24) is 5.32 Å². The van der Waals surface area contributed by atoms with Crippen molar-refractivity contribution in [3.8, 4) is 5.75 Å². The summed E-state index contributed by atoms with van der Waals surface area (Å²) in [5.41, 5.74) is 5.60. The van der Waals surface area contributed by atoms with Crippen LogP contribution in [-0.4, -0.2) is 24.6 Å². The third-order valence-electron chi connectivity index (χ3n) is 2.67. The highest BCUT2D eigenvalue weighted by atomic mass is 19.1. The first-order chi connectivity index (χ1) is 9.04. The number of nitrogens with two attached hydrogens (primary N) is 1. The molecule has 0 saturated carbocycles. The third kappa shape index (κ3) is 5.26. The smallest absolute Gasteiger partial charge is 0.261 e. The van der Waals surface area contributed by atoms with E-state index in [2.05, 4.69) is 5.32 Å². The molecule has 4 nitrogen and oxygen atoms in total. The van der Waals surface area contributed by atoms with E-state index in [1.165, 1.54) is 12.1 Å². The summed E-state index contributed by atoms with van der Waals surface area (Å²) in [4.78, 5) is 11.9. The minimum atomic E-state index is -0.690.